The zero-order chi connectivity index (χ0) is 18.1. The predicted octanol–water partition coefficient (Wildman–Crippen LogP) is 6.04. The first-order chi connectivity index (χ1) is 12.7. The number of aryl methyl sites for hydroxylation is 2. The van der Waals surface area contributed by atoms with E-state index in [2.05, 4.69) is 98.3 Å². The Labute approximate surface area is 154 Å². The van der Waals surface area contributed by atoms with Crippen LogP contribution in [0.4, 0.5) is 0 Å². The molecule has 0 bridgehead atoms. The molecule has 0 saturated heterocycles. The normalized spacial score (nSPS) is 10.9. The fraction of sp³-hybridized carbons (Fsp3) is 0.125. The van der Waals surface area contributed by atoms with Crippen molar-refractivity contribution in [2.24, 2.45) is 7.05 Å². The van der Waals surface area contributed by atoms with E-state index in [1.165, 1.54) is 22.3 Å². The molecule has 2 heteroatoms. The third-order valence-corrected chi connectivity index (χ3v) is 4.89. The van der Waals surface area contributed by atoms with E-state index in [-0.39, 0.29) is 0 Å². The van der Waals surface area contributed by atoms with Crippen molar-refractivity contribution >= 4 is 0 Å². The van der Waals surface area contributed by atoms with Crippen LogP contribution in [0.3, 0.4) is 0 Å². The fourth-order valence-corrected chi connectivity index (χ4v) is 3.61. The highest BCUT2D eigenvalue weighted by Gasteiger charge is 2.20. The highest BCUT2D eigenvalue weighted by molar-refractivity contribution is 5.83. The number of hydrogen-bond donors (Lipinski definition) is 0. The topological polar surface area (TPSA) is 17.8 Å². The van der Waals surface area contributed by atoms with Crippen molar-refractivity contribution in [3.63, 3.8) is 0 Å². The largest absolute Gasteiger partial charge is 0.327 e. The van der Waals surface area contributed by atoms with Gasteiger partial charge in [0.15, 0.2) is 0 Å². The summed E-state index contributed by atoms with van der Waals surface area (Å²) < 4.78 is 2.23. The van der Waals surface area contributed by atoms with Crippen molar-refractivity contribution < 1.29 is 0 Å². The summed E-state index contributed by atoms with van der Waals surface area (Å²) >= 11 is 0. The lowest BCUT2D eigenvalue weighted by molar-refractivity contribution is 0.929. The lowest BCUT2D eigenvalue weighted by Crippen LogP contribution is -1.98. The van der Waals surface area contributed by atoms with Crippen LogP contribution in [0, 0.1) is 13.8 Å². The van der Waals surface area contributed by atoms with E-state index in [0.29, 0.717) is 0 Å². The number of imidazole rings is 1. The predicted molar refractivity (Wildman–Crippen MR) is 109 cm³/mol. The summed E-state index contributed by atoms with van der Waals surface area (Å²) in [6, 6.07) is 27.4. The average molecular weight is 338 g/mol. The van der Waals surface area contributed by atoms with Gasteiger partial charge in [-0.1, -0.05) is 78.9 Å². The van der Waals surface area contributed by atoms with Crippen molar-refractivity contribution in [3.8, 4) is 33.9 Å². The van der Waals surface area contributed by atoms with Gasteiger partial charge in [0.1, 0.15) is 5.82 Å². The molecular formula is C24H22N2. The van der Waals surface area contributed by atoms with Crippen molar-refractivity contribution in [1.29, 1.82) is 0 Å². The third kappa shape index (κ3) is 2.74. The van der Waals surface area contributed by atoms with Crippen LogP contribution in [0.25, 0.3) is 33.9 Å². The Kier molecular flexibility index (Phi) is 4.18. The van der Waals surface area contributed by atoms with Crippen LogP contribution < -0.4 is 0 Å². The van der Waals surface area contributed by atoms with E-state index in [0.717, 1.165) is 22.8 Å². The first kappa shape index (κ1) is 16.3. The van der Waals surface area contributed by atoms with Gasteiger partial charge in [-0.25, -0.2) is 4.98 Å². The Morgan fingerprint density at radius 1 is 0.654 bits per heavy atom. The Hall–Kier alpha value is -3.13. The summed E-state index contributed by atoms with van der Waals surface area (Å²) in [7, 11) is 2.11. The lowest BCUT2D eigenvalue weighted by Gasteiger charge is -2.11. The van der Waals surface area contributed by atoms with Gasteiger partial charge in [-0.2, -0.15) is 0 Å². The highest BCUT2D eigenvalue weighted by Crippen LogP contribution is 2.37. The summed E-state index contributed by atoms with van der Waals surface area (Å²) in [5.74, 6) is 1.01. The minimum atomic E-state index is 1.01. The van der Waals surface area contributed by atoms with Gasteiger partial charge in [-0.05, 0) is 25.0 Å². The second-order valence-corrected chi connectivity index (χ2v) is 6.69. The Bertz CT molecular complexity index is 1020. The van der Waals surface area contributed by atoms with Crippen LogP contribution in [0.2, 0.25) is 0 Å². The van der Waals surface area contributed by atoms with Crippen molar-refractivity contribution in [1.82, 2.24) is 9.55 Å². The monoisotopic (exact) mass is 338 g/mol. The summed E-state index contributed by atoms with van der Waals surface area (Å²) in [6.07, 6.45) is 0. The molecule has 0 fully saturated rings. The second kappa shape index (κ2) is 6.64. The van der Waals surface area contributed by atoms with Crippen LogP contribution in [0.15, 0.2) is 78.9 Å². The molecule has 0 spiro atoms. The van der Waals surface area contributed by atoms with Crippen molar-refractivity contribution in [3.05, 3.63) is 90.0 Å². The fourth-order valence-electron chi connectivity index (χ4n) is 3.61. The minimum Gasteiger partial charge on any atom is -0.327 e. The van der Waals surface area contributed by atoms with E-state index in [9.17, 15) is 0 Å². The van der Waals surface area contributed by atoms with Gasteiger partial charge in [-0.3, -0.25) is 0 Å². The summed E-state index contributed by atoms with van der Waals surface area (Å²) in [5, 5.41) is 0. The lowest BCUT2D eigenvalue weighted by atomic mass is 10.0. The number of aromatic nitrogens is 2. The summed E-state index contributed by atoms with van der Waals surface area (Å²) in [6.45, 7) is 4.31. The van der Waals surface area contributed by atoms with Crippen LogP contribution in [0.5, 0.6) is 0 Å². The van der Waals surface area contributed by atoms with Gasteiger partial charge in [0, 0.05) is 23.7 Å². The quantitative estimate of drug-likeness (QED) is 0.445. The number of hydrogen-bond acceptors (Lipinski definition) is 1. The molecule has 0 unspecified atom stereocenters. The average Bonchev–Trinajstić information content (AvgIpc) is 3.00. The molecule has 0 amide bonds. The van der Waals surface area contributed by atoms with Crippen LogP contribution in [0.1, 0.15) is 11.1 Å². The Morgan fingerprint density at radius 2 is 1.19 bits per heavy atom. The molecular weight excluding hydrogens is 316 g/mol. The number of benzene rings is 3. The Morgan fingerprint density at radius 3 is 1.77 bits per heavy atom. The molecule has 3 aromatic carbocycles. The first-order valence-corrected chi connectivity index (χ1v) is 8.91. The molecule has 0 N–H and O–H groups in total. The molecule has 26 heavy (non-hydrogen) atoms. The first-order valence-electron chi connectivity index (χ1n) is 8.91. The molecule has 0 atom stereocenters. The smallest absolute Gasteiger partial charge is 0.141 e. The molecule has 0 aliphatic heterocycles. The highest BCUT2D eigenvalue weighted by atomic mass is 15.1. The van der Waals surface area contributed by atoms with E-state index >= 15 is 0 Å². The molecule has 0 aliphatic rings. The molecule has 1 heterocycles. The molecule has 2 nitrogen and oxygen atoms in total. The van der Waals surface area contributed by atoms with Gasteiger partial charge in [-0.15, -0.1) is 0 Å². The molecule has 0 aliphatic carbocycles. The van der Waals surface area contributed by atoms with Crippen LogP contribution in [-0.4, -0.2) is 9.55 Å². The molecule has 1 aromatic heterocycles. The van der Waals surface area contributed by atoms with E-state index in [4.69, 9.17) is 4.98 Å². The molecule has 4 rings (SSSR count). The summed E-state index contributed by atoms with van der Waals surface area (Å²) in [5.41, 5.74) is 8.20. The van der Waals surface area contributed by atoms with Gasteiger partial charge < -0.3 is 4.57 Å². The molecule has 4 aromatic rings. The van der Waals surface area contributed by atoms with Gasteiger partial charge in [0.2, 0.25) is 0 Å². The maximum absolute atomic E-state index is 5.11. The zero-order valence-corrected chi connectivity index (χ0v) is 15.4. The van der Waals surface area contributed by atoms with Crippen molar-refractivity contribution in [2.45, 2.75) is 13.8 Å². The molecule has 0 radical (unpaired) electrons. The maximum Gasteiger partial charge on any atom is 0.141 e. The maximum atomic E-state index is 5.11. The standard InChI is InChI=1S/C24H22N2/c1-17-11-10-12-18(2)21(17)24-25-22(19-13-6-4-7-14-19)23(26(24)3)20-15-8-5-9-16-20/h4-16H,1-3H3. The molecule has 128 valence electrons. The zero-order valence-electron chi connectivity index (χ0n) is 15.4. The minimum absolute atomic E-state index is 1.01. The van der Waals surface area contributed by atoms with Crippen molar-refractivity contribution in [2.75, 3.05) is 0 Å². The number of nitrogens with zero attached hydrogens (tertiary/aromatic N) is 2. The number of rotatable bonds is 3. The van der Waals surface area contributed by atoms with Gasteiger partial charge in [0.05, 0.1) is 11.4 Å². The van der Waals surface area contributed by atoms with E-state index < -0.39 is 0 Å². The second-order valence-electron chi connectivity index (χ2n) is 6.69. The van der Waals surface area contributed by atoms with Gasteiger partial charge in [0.25, 0.3) is 0 Å². The SMILES string of the molecule is Cc1cccc(C)c1-c1nc(-c2ccccc2)c(-c2ccccc2)n1C. The van der Waals surface area contributed by atoms with Crippen LogP contribution in [-0.2, 0) is 7.05 Å². The van der Waals surface area contributed by atoms with Crippen LogP contribution >= 0.6 is 0 Å². The van der Waals surface area contributed by atoms with E-state index in [1.54, 1.807) is 0 Å². The third-order valence-electron chi connectivity index (χ3n) is 4.89. The van der Waals surface area contributed by atoms with E-state index in [1.807, 2.05) is 6.07 Å². The molecule has 0 saturated carbocycles. The summed E-state index contributed by atoms with van der Waals surface area (Å²) in [4.78, 5) is 5.11. The van der Waals surface area contributed by atoms with Gasteiger partial charge >= 0.3 is 0 Å². The Balaban J connectivity index is 2.03.